The van der Waals surface area contributed by atoms with Crippen LogP contribution in [0.2, 0.25) is 0 Å². The summed E-state index contributed by atoms with van der Waals surface area (Å²) >= 11 is 0. The van der Waals surface area contributed by atoms with Crippen molar-refractivity contribution in [2.75, 3.05) is 44.4 Å². The van der Waals surface area contributed by atoms with Crippen LogP contribution in [0.3, 0.4) is 0 Å². The van der Waals surface area contributed by atoms with Crippen molar-refractivity contribution in [1.29, 1.82) is 0 Å². The first kappa shape index (κ1) is 13.7. The van der Waals surface area contributed by atoms with Gasteiger partial charge in [-0.3, -0.25) is 0 Å². The highest BCUT2D eigenvalue weighted by atomic mass is 16.5. The summed E-state index contributed by atoms with van der Waals surface area (Å²) in [5.74, 6) is 0.802. The molecule has 2 saturated heterocycles. The molecule has 0 saturated carbocycles. The maximum Gasteiger partial charge on any atom is 0.225 e. The van der Waals surface area contributed by atoms with Gasteiger partial charge >= 0.3 is 0 Å². The van der Waals surface area contributed by atoms with Crippen LogP contribution in [0.15, 0.2) is 12.4 Å². The van der Waals surface area contributed by atoms with E-state index in [-0.39, 0.29) is 0 Å². The smallest absolute Gasteiger partial charge is 0.225 e. The molecule has 6 heteroatoms. The summed E-state index contributed by atoms with van der Waals surface area (Å²) in [6, 6.07) is 0. The van der Waals surface area contributed by atoms with Gasteiger partial charge in [-0.15, -0.1) is 0 Å². The molecule has 2 aliphatic heterocycles. The zero-order valence-electron chi connectivity index (χ0n) is 11.8. The highest BCUT2D eigenvalue weighted by Gasteiger charge is 2.15. The van der Waals surface area contributed by atoms with Crippen LogP contribution in [0.25, 0.3) is 0 Å². The fourth-order valence-corrected chi connectivity index (χ4v) is 2.55. The van der Waals surface area contributed by atoms with E-state index in [2.05, 4.69) is 20.2 Å². The quantitative estimate of drug-likeness (QED) is 0.850. The molecule has 20 heavy (non-hydrogen) atoms. The van der Waals surface area contributed by atoms with Gasteiger partial charge in [0.15, 0.2) is 0 Å². The number of morpholine rings is 1. The molecule has 2 fully saturated rings. The minimum absolute atomic E-state index is 0.378. The van der Waals surface area contributed by atoms with Crippen molar-refractivity contribution in [2.24, 2.45) is 0 Å². The zero-order chi connectivity index (χ0) is 13.6. The molecule has 0 aromatic carbocycles. The summed E-state index contributed by atoms with van der Waals surface area (Å²) in [4.78, 5) is 11.0. The van der Waals surface area contributed by atoms with E-state index < -0.39 is 0 Å². The molecule has 0 spiro atoms. The Morgan fingerprint density at radius 1 is 1.20 bits per heavy atom. The van der Waals surface area contributed by atoms with Crippen molar-refractivity contribution in [3.05, 3.63) is 18.0 Å². The molecular weight excluding hydrogens is 256 g/mol. The van der Waals surface area contributed by atoms with Gasteiger partial charge in [0.25, 0.3) is 0 Å². The van der Waals surface area contributed by atoms with Crippen LogP contribution in [-0.4, -0.2) is 55.5 Å². The fraction of sp³-hybridized carbons (Fsp3) is 0.714. The number of hydrogen-bond donors (Lipinski definition) is 1. The summed E-state index contributed by atoms with van der Waals surface area (Å²) in [6.07, 6.45) is 6.53. The Labute approximate surface area is 119 Å². The molecule has 1 N–H and O–H groups in total. The lowest BCUT2D eigenvalue weighted by molar-refractivity contribution is 0.110. The highest BCUT2D eigenvalue weighted by Crippen LogP contribution is 2.11. The lowest BCUT2D eigenvalue weighted by atomic mass is 10.2. The third-order valence-electron chi connectivity index (χ3n) is 3.71. The molecule has 1 aromatic rings. The van der Waals surface area contributed by atoms with Gasteiger partial charge in [-0.1, -0.05) is 0 Å². The van der Waals surface area contributed by atoms with Gasteiger partial charge < -0.3 is 19.7 Å². The molecule has 0 unspecified atom stereocenters. The van der Waals surface area contributed by atoms with Gasteiger partial charge in [-0.2, -0.15) is 0 Å². The van der Waals surface area contributed by atoms with Gasteiger partial charge in [0.05, 0.1) is 19.3 Å². The predicted octanol–water partition coefficient (Wildman–Crippen LogP) is 0.582. The Kier molecular flexibility index (Phi) is 4.78. The van der Waals surface area contributed by atoms with Crippen LogP contribution < -0.4 is 10.2 Å². The van der Waals surface area contributed by atoms with Crippen LogP contribution in [0, 0.1) is 0 Å². The number of nitrogens with one attached hydrogen (secondary N) is 1. The van der Waals surface area contributed by atoms with E-state index in [1.54, 1.807) is 0 Å². The first-order valence-electron chi connectivity index (χ1n) is 7.38. The third-order valence-corrected chi connectivity index (χ3v) is 3.71. The van der Waals surface area contributed by atoms with Gasteiger partial charge in [0.2, 0.25) is 5.95 Å². The number of hydrogen-bond acceptors (Lipinski definition) is 6. The summed E-state index contributed by atoms with van der Waals surface area (Å²) in [5.41, 5.74) is 1.11. The van der Waals surface area contributed by atoms with Crippen molar-refractivity contribution in [3.8, 4) is 0 Å². The fourth-order valence-electron chi connectivity index (χ4n) is 2.55. The second-order valence-electron chi connectivity index (χ2n) is 5.26. The average Bonchev–Trinajstić information content (AvgIpc) is 3.02. The Morgan fingerprint density at radius 2 is 2.00 bits per heavy atom. The van der Waals surface area contributed by atoms with E-state index in [1.165, 1.54) is 12.8 Å². The molecule has 1 atom stereocenters. The normalized spacial score (nSPS) is 23.2. The summed E-state index contributed by atoms with van der Waals surface area (Å²) in [7, 11) is 0. The van der Waals surface area contributed by atoms with Crippen LogP contribution in [-0.2, 0) is 16.0 Å². The maximum absolute atomic E-state index is 5.58. The molecular formula is C14H22N4O2. The van der Waals surface area contributed by atoms with Gasteiger partial charge in [0, 0.05) is 50.7 Å². The van der Waals surface area contributed by atoms with Crippen molar-refractivity contribution in [2.45, 2.75) is 25.5 Å². The summed E-state index contributed by atoms with van der Waals surface area (Å²) in [5, 5.41) is 3.40. The minimum atomic E-state index is 0.378. The van der Waals surface area contributed by atoms with E-state index in [1.807, 2.05) is 12.4 Å². The Bertz CT molecular complexity index is 400. The summed E-state index contributed by atoms with van der Waals surface area (Å²) < 4.78 is 10.9. The molecule has 2 aliphatic rings. The zero-order valence-corrected chi connectivity index (χ0v) is 11.8. The van der Waals surface area contributed by atoms with Gasteiger partial charge in [-0.25, -0.2) is 9.97 Å². The highest BCUT2D eigenvalue weighted by molar-refractivity contribution is 5.30. The SMILES string of the molecule is c1nc(N2CCOCC2)ncc1CNC[C@@H]1CCCO1. The van der Waals surface area contributed by atoms with Crippen LogP contribution in [0.1, 0.15) is 18.4 Å². The molecule has 0 aliphatic carbocycles. The second-order valence-corrected chi connectivity index (χ2v) is 5.26. The van der Waals surface area contributed by atoms with E-state index >= 15 is 0 Å². The monoisotopic (exact) mass is 278 g/mol. The number of aromatic nitrogens is 2. The molecule has 110 valence electrons. The van der Waals surface area contributed by atoms with Crippen molar-refractivity contribution < 1.29 is 9.47 Å². The Morgan fingerprint density at radius 3 is 2.70 bits per heavy atom. The molecule has 0 bridgehead atoms. The third kappa shape index (κ3) is 3.65. The molecule has 3 rings (SSSR count). The first-order chi connectivity index (χ1) is 9.92. The second kappa shape index (κ2) is 6.97. The lowest BCUT2D eigenvalue weighted by Gasteiger charge is -2.26. The molecule has 6 nitrogen and oxygen atoms in total. The molecule has 0 radical (unpaired) electrons. The van der Waals surface area contributed by atoms with E-state index in [9.17, 15) is 0 Å². The minimum Gasteiger partial charge on any atom is -0.378 e. The van der Waals surface area contributed by atoms with Crippen LogP contribution in [0.5, 0.6) is 0 Å². The van der Waals surface area contributed by atoms with Crippen LogP contribution >= 0.6 is 0 Å². The van der Waals surface area contributed by atoms with Crippen molar-refractivity contribution >= 4 is 5.95 Å². The number of ether oxygens (including phenoxy) is 2. The summed E-state index contributed by atoms with van der Waals surface area (Å²) in [6.45, 7) is 5.87. The van der Waals surface area contributed by atoms with Crippen molar-refractivity contribution in [3.63, 3.8) is 0 Å². The van der Waals surface area contributed by atoms with E-state index in [0.717, 1.165) is 57.5 Å². The van der Waals surface area contributed by atoms with E-state index in [4.69, 9.17) is 9.47 Å². The lowest BCUT2D eigenvalue weighted by Crippen LogP contribution is -2.37. The molecule has 0 amide bonds. The number of nitrogens with zero attached hydrogens (tertiary/aromatic N) is 3. The largest absolute Gasteiger partial charge is 0.378 e. The molecule has 3 heterocycles. The van der Waals surface area contributed by atoms with Crippen molar-refractivity contribution in [1.82, 2.24) is 15.3 Å². The Hall–Kier alpha value is -1.24. The Balaban J connectivity index is 1.45. The number of anilines is 1. The average molecular weight is 278 g/mol. The van der Waals surface area contributed by atoms with Gasteiger partial charge in [-0.05, 0) is 12.8 Å². The van der Waals surface area contributed by atoms with E-state index in [0.29, 0.717) is 6.10 Å². The first-order valence-corrected chi connectivity index (χ1v) is 7.38. The van der Waals surface area contributed by atoms with Crippen LogP contribution in [0.4, 0.5) is 5.95 Å². The standard InChI is InChI=1S/C14H22N4O2/c1-2-13(20-5-1)11-15-8-12-9-16-14(17-10-12)18-3-6-19-7-4-18/h9-10,13,15H,1-8,11H2/t13-/m0/s1. The topological polar surface area (TPSA) is 59.5 Å². The number of rotatable bonds is 5. The van der Waals surface area contributed by atoms with Gasteiger partial charge in [0.1, 0.15) is 0 Å². The predicted molar refractivity (Wildman–Crippen MR) is 75.7 cm³/mol. The molecule has 1 aromatic heterocycles. The maximum atomic E-state index is 5.58.